The van der Waals surface area contributed by atoms with Gasteiger partial charge in [0.05, 0.1) is 16.3 Å². The van der Waals surface area contributed by atoms with Crippen LogP contribution in [0.15, 0.2) is 46.2 Å². The van der Waals surface area contributed by atoms with E-state index in [0.29, 0.717) is 37.3 Å². The first kappa shape index (κ1) is 23.4. The first-order valence-electron chi connectivity index (χ1n) is 9.99. The molecule has 0 aliphatic carbocycles. The van der Waals surface area contributed by atoms with Gasteiger partial charge >= 0.3 is 6.18 Å². The highest BCUT2D eigenvalue weighted by Gasteiger charge is 2.32. The number of hydrogen-bond acceptors (Lipinski definition) is 7. The molecule has 1 fully saturated rings. The second-order valence-electron chi connectivity index (χ2n) is 7.42. The standard InChI is InChI=1S/C21H19ClF3N5O2S/c1-13-2-4-14(5-3-13)19-27-28-20(32-19)33-12-17(31)29-6-8-30(9-7-29)18-16(22)10-15(11-26-18)21(23,24)25/h2-5,10-11H,6-9,12H2,1H3. The Morgan fingerprint density at radius 3 is 2.48 bits per heavy atom. The summed E-state index contributed by atoms with van der Waals surface area (Å²) in [5, 5.41) is 8.24. The Bertz CT molecular complexity index is 1130. The van der Waals surface area contributed by atoms with Gasteiger partial charge in [0.1, 0.15) is 5.82 Å². The van der Waals surface area contributed by atoms with Crippen LogP contribution in [0.5, 0.6) is 0 Å². The average molecular weight is 498 g/mol. The van der Waals surface area contributed by atoms with Crippen LogP contribution in [-0.4, -0.2) is 57.9 Å². The fraction of sp³-hybridized carbons (Fsp3) is 0.333. The molecular weight excluding hydrogens is 479 g/mol. The lowest BCUT2D eigenvalue weighted by atomic mass is 10.1. The topological polar surface area (TPSA) is 75.4 Å². The van der Waals surface area contributed by atoms with Crippen LogP contribution in [0.1, 0.15) is 11.1 Å². The number of pyridine rings is 1. The van der Waals surface area contributed by atoms with Gasteiger partial charge in [-0.1, -0.05) is 41.1 Å². The van der Waals surface area contributed by atoms with Crippen molar-refractivity contribution in [3.05, 3.63) is 52.7 Å². The van der Waals surface area contributed by atoms with Crippen LogP contribution < -0.4 is 4.90 Å². The van der Waals surface area contributed by atoms with Crippen molar-refractivity contribution in [3.8, 4) is 11.5 Å². The van der Waals surface area contributed by atoms with Crippen molar-refractivity contribution in [2.45, 2.75) is 18.3 Å². The molecule has 3 aromatic rings. The van der Waals surface area contributed by atoms with Crippen LogP contribution in [0.4, 0.5) is 19.0 Å². The third kappa shape index (κ3) is 5.59. The first-order chi connectivity index (χ1) is 15.7. The molecule has 1 aliphatic heterocycles. The number of halogens is 4. The number of thioether (sulfide) groups is 1. The van der Waals surface area contributed by atoms with Gasteiger partial charge < -0.3 is 14.2 Å². The molecule has 1 saturated heterocycles. The van der Waals surface area contributed by atoms with E-state index in [2.05, 4.69) is 15.2 Å². The molecule has 0 bridgehead atoms. The van der Waals surface area contributed by atoms with Gasteiger partial charge in [0.2, 0.25) is 11.8 Å². The van der Waals surface area contributed by atoms with Crippen LogP contribution in [0, 0.1) is 6.92 Å². The van der Waals surface area contributed by atoms with Crippen molar-refractivity contribution < 1.29 is 22.4 Å². The zero-order chi connectivity index (χ0) is 23.6. The number of anilines is 1. The normalized spacial score (nSPS) is 14.6. The molecule has 4 rings (SSSR count). The number of aryl methyl sites for hydroxylation is 1. The molecule has 2 aromatic heterocycles. The molecular formula is C21H19ClF3N5O2S. The molecule has 0 N–H and O–H groups in total. The predicted molar refractivity (Wildman–Crippen MR) is 118 cm³/mol. The van der Waals surface area contributed by atoms with Crippen molar-refractivity contribution in [1.82, 2.24) is 20.1 Å². The zero-order valence-electron chi connectivity index (χ0n) is 17.5. The van der Waals surface area contributed by atoms with Gasteiger partial charge in [0.25, 0.3) is 5.22 Å². The molecule has 174 valence electrons. The number of piperazine rings is 1. The fourth-order valence-electron chi connectivity index (χ4n) is 3.28. The summed E-state index contributed by atoms with van der Waals surface area (Å²) in [6.07, 6.45) is -3.73. The van der Waals surface area contributed by atoms with Gasteiger partial charge in [-0.2, -0.15) is 13.2 Å². The minimum atomic E-state index is -4.50. The molecule has 33 heavy (non-hydrogen) atoms. The number of alkyl halides is 3. The number of aromatic nitrogens is 3. The largest absolute Gasteiger partial charge is 0.417 e. The van der Waals surface area contributed by atoms with Gasteiger partial charge in [-0.3, -0.25) is 4.79 Å². The molecule has 0 unspecified atom stereocenters. The molecule has 0 atom stereocenters. The molecule has 1 amide bonds. The second kappa shape index (κ2) is 9.60. The number of hydrogen-bond donors (Lipinski definition) is 0. The lowest BCUT2D eigenvalue weighted by molar-refractivity contribution is -0.137. The van der Waals surface area contributed by atoms with Gasteiger partial charge in [-0.15, -0.1) is 10.2 Å². The Balaban J connectivity index is 1.29. The van der Waals surface area contributed by atoms with Gasteiger partial charge in [0.15, 0.2) is 0 Å². The molecule has 7 nitrogen and oxygen atoms in total. The lowest BCUT2D eigenvalue weighted by Crippen LogP contribution is -2.49. The van der Waals surface area contributed by atoms with Crippen molar-refractivity contribution >= 4 is 35.1 Å². The second-order valence-corrected chi connectivity index (χ2v) is 8.76. The molecule has 3 heterocycles. The summed E-state index contributed by atoms with van der Waals surface area (Å²) in [5.74, 6) is 0.704. The van der Waals surface area contributed by atoms with Crippen LogP contribution in [0.3, 0.4) is 0 Å². The number of carbonyl (C=O) groups excluding carboxylic acids is 1. The summed E-state index contributed by atoms with van der Waals surface area (Å²) in [4.78, 5) is 19.9. The Labute approximate surface area is 196 Å². The number of nitrogens with zero attached hydrogens (tertiary/aromatic N) is 5. The van der Waals surface area contributed by atoms with E-state index in [1.807, 2.05) is 31.2 Å². The molecule has 0 saturated carbocycles. The Morgan fingerprint density at radius 1 is 1.15 bits per heavy atom. The number of amides is 1. The van der Waals surface area contributed by atoms with E-state index in [-0.39, 0.29) is 22.5 Å². The minimum absolute atomic E-state index is 0.0686. The maximum absolute atomic E-state index is 12.8. The summed E-state index contributed by atoms with van der Waals surface area (Å²) in [7, 11) is 0. The van der Waals surface area contributed by atoms with E-state index >= 15 is 0 Å². The summed E-state index contributed by atoms with van der Waals surface area (Å²) in [6.45, 7) is 3.60. The van der Waals surface area contributed by atoms with Gasteiger partial charge in [-0.25, -0.2) is 4.98 Å². The van der Waals surface area contributed by atoms with Gasteiger partial charge in [0, 0.05) is 37.9 Å². The predicted octanol–water partition coefficient (Wildman–Crippen LogP) is 4.55. The number of rotatable bonds is 5. The van der Waals surface area contributed by atoms with E-state index in [1.165, 1.54) is 0 Å². The van der Waals surface area contributed by atoms with Crippen LogP contribution >= 0.6 is 23.4 Å². The number of benzene rings is 1. The maximum Gasteiger partial charge on any atom is 0.417 e. The zero-order valence-corrected chi connectivity index (χ0v) is 19.0. The Morgan fingerprint density at radius 2 is 1.85 bits per heavy atom. The Hall–Kier alpha value is -2.79. The summed E-state index contributed by atoms with van der Waals surface area (Å²) >= 11 is 7.19. The van der Waals surface area contributed by atoms with Crippen LogP contribution in [0.25, 0.3) is 11.5 Å². The van der Waals surface area contributed by atoms with Crippen molar-refractivity contribution in [1.29, 1.82) is 0 Å². The van der Waals surface area contributed by atoms with E-state index in [0.717, 1.165) is 35.2 Å². The lowest BCUT2D eigenvalue weighted by Gasteiger charge is -2.35. The van der Waals surface area contributed by atoms with Crippen LogP contribution in [-0.2, 0) is 11.0 Å². The van der Waals surface area contributed by atoms with Crippen LogP contribution in [0.2, 0.25) is 5.02 Å². The van der Waals surface area contributed by atoms with Crippen molar-refractivity contribution in [2.75, 3.05) is 36.8 Å². The smallest absolute Gasteiger partial charge is 0.411 e. The monoisotopic (exact) mass is 497 g/mol. The van der Waals surface area contributed by atoms with E-state index < -0.39 is 11.7 Å². The quantitative estimate of drug-likeness (QED) is 0.478. The number of carbonyl (C=O) groups is 1. The third-order valence-electron chi connectivity index (χ3n) is 5.11. The Kier molecular flexibility index (Phi) is 6.80. The average Bonchev–Trinajstić information content (AvgIpc) is 3.26. The first-order valence-corrected chi connectivity index (χ1v) is 11.4. The van der Waals surface area contributed by atoms with Crippen molar-refractivity contribution in [3.63, 3.8) is 0 Å². The molecule has 0 spiro atoms. The van der Waals surface area contributed by atoms with E-state index in [1.54, 1.807) is 9.80 Å². The third-order valence-corrected chi connectivity index (χ3v) is 6.19. The fourth-order valence-corrected chi connectivity index (χ4v) is 4.23. The van der Waals surface area contributed by atoms with E-state index in [9.17, 15) is 18.0 Å². The summed E-state index contributed by atoms with van der Waals surface area (Å²) in [6, 6.07) is 8.54. The highest BCUT2D eigenvalue weighted by Crippen LogP contribution is 2.33. The highest BCUT2D eigenvalue weighted by molar-refractivity contribution is 7.99. The summed E-state index contributed by atoms with van der Waals surface area (Å²) < 4.78 is 44.0. The SMILES string of the molecule is Cc1ccc(-c2nnc(SCC(=O)N3CCN(c4ncc(C(F)(F)F)cc4Cl)CC3)o2)cc1. The molecule has 12 heteroatoms. The molecule has 0 radical (unpaired) electrons. The maximum atomic E-state index is 12.8. The summed E-state index contributed by atoms with van der Waals surface area (Å²) in [5.41, 5.74) is 1.03. The van der Waals surface area contributed by atoms with Crippen molar-refractivity contribution in [2.24, 2.45) is 0 Å². The minimum Gasteiger partial charge on any atom is -0.411 e. The molecule has 1 aromatic carbocycles. The highest BCUT2D eigenvalue weighted by atomic mass is 35.5. The molecule has 1 aliphatic rings. The van der Waals surface area contributed by atoms with Gasteiger partial charge in [-0.05, 0) is 25.1 Å². The van der Waals surface area contributed by atoms with E-state index in [4.69, 9.17) is 16.0 Å².